The molecule has 0 radical (unpaired) electrons. The second-order valence-corrected chi connectivity index (χ2v) is 6.39. The van der Waals surface area contributed by atoms with Gasteiger partial charge in [0.25, 0.3) is 0 Å². The minimum absolute atomic E-state index is 0.574. The topological polar surface area (TPSA) is 58.0 Å². The van der Waals surface area contributed by atoms with Crippen molar-refractivity contribution in [3.63, 3.8) is 0 Å². The predicted octanol–water partition coefficient (Wildman–Crippen LogP) is 2.71. The molecule has 2 aromatic heterocycles. The molecule has 1 aliphatic rings. The summed E-state index contributed by atoms with van der Waals surface area (Å²) in [4.78, 5) is 13.3. The van der Waals surface area contributed by atoms with Crippen LogP contribution in [0.15, 0.2) is 30.7 Å². The van der Waals surface area contributed by atoms with Gasteiger partial charge in [-0.25, -0.2) is 0 Å². The maximum absolute atomic E-state index is 4.77. The van der Waals surface area contributed by atoms with Crippen molar-refractivity contribution in [3.8, 4) is 0 Å². The molecule has 0 amide bonds. The summed E-state index contributed by atoms with van der Waals surface area (Å²) >= 11 is 0. The predicted molar refractivity (Wildman–Crippen MR) is 96.3 cm³/mol. The zero-order valence-electron chi connectivity index (χ0n) is 14.6. The van der Waals surface area contributed by atoms with Gasteiger partial charge in [0.15, 0.2) is 5.82 Å². The van der Waals surface area contributed by atoms with Crippen LogP contribution in [0.1, 0.15) is 38.2 Å². The van der Waals surface area contributed by atoms with E-state index in [0.717, 1.165) is 31.7 Å². The van der Waals surface area contributed by atoms with Crippen LogP contribution >= 0.6 is 0 Å². The first-order valence-electron chi connectivity index (χ1n) is 8.84. The van der Waals surface area contributed by atoms with E-state index in [4.69, 9.17) is 4.98 Å². The van der Waals surface area contributed by atoms with Crippen LogP contribution in [-0.2, 0) is 6.42 Å². The number of anilines is 2. The fraction of sp³-hybridized carbons (Fsp3) is 0.556. The molecule has 0 bridgehead atoms. The molecule has 6 nitrogen and oxygen atoms in total. The molecule has 1 atom stereocenters. The Balaban J connectivity index is 1.67. The van der Waals surface area contributed by atoms with Gasteiger partial charge in [0.1, 0.15) is 0 Å². The van der Waals surface area contributed by atoms with Crippen molar-refractivity contribution in [2.45, 2.75) is 45.1 Å². The van der Waals surface area contributed by atoms with Gasteiger partial charge in [-0.05, 0) is 49.8 Å². The third kappa shape index (κ3) is 3.99. The molecule has 2 aromatic rings. The standard InChI is InChI=1S/C18H26N6/c1-3-16-6-4-5-12-24(16)17-14-20-22-18(21-17)23(2)13-9-15-7-10-19-11-8-15/h7-8,10-11,14,16H,3-6,9,12-13H2,1-2H3. The van der Waals surface area contributed by atoms with Gasteiger partial charge in [0.05, 0.1) is 6.20 Å². The average molecular weight is 326 g/mol. The molecular weight excluding hydrogens is 300 g/mol. The fourth-order valence-electron chi connectivity index (χ4n) is 3.26. The Labute approximate surface area is 143 Å². The van der Waals surface area contributed by atoms with Gasteiger partial charge in [-0.1, -0.05) is 6.92 Å². The average Bonchev–Trinajstić information content (AvgIpc) is 2.67. The molecule has 1 saturated heterocycles. The normalized spacial score (nSPS) is 17.8. The Morgan fingerprint density at radius 1 is 1.25 bits per heavy atom. The van der Waals surface area contributed by atoms with E-state index in [2.05, 4.69) is 31.9 Å². The largest absolute Gasteiger partial charge is 0.352 e. The molecule has 0 aliphatic carbocycles. The molecule has 3 heterocycles. The first kappa shape index (κ1) is 16.6. The van der Waals surface area contributed by atoms with Crippen LogP contribution in [0.3, 0.4) is 0 Å². The summed E-state index contributed by atoms with van der Waals surface area (Å²) in [6, 6.07) is 4.66. The van der Waals surface area contributed by atoms with Crippen LogP contribution in [-0.4, -0.2) is 46.3 Å². The Kier molecular flexibility index (Phi) is 5.56. The Morgan fingerprint density at radius 2 is 2.08 bits per heavy atom. The van der Waals surface area contributed by atoms with Crippen molar-refractivity contribution < 1.29 is 0 Å². The van der Waals surface area contributed by atoms with Crippen molar-refractivity contribution in [2.24, 2.45) is 0 Å². The van der Waals surface area contributed by atoms with Crippen LogP contribution in [0, 0.1) is 0 Å². The van der Waals surface area contributed by atoms with Crippen LogP contribution in [0.25, 0.3) is 0 Å². The van der Waals surface area contributed by atoms with Gasteiger partial charge in [-0.3, -0.25) is 4.98 Å². The van der Waals surface area contributed by atoms with Crippen LogP contribution in [0.5, 0.6) is 0 Å². The summed E-state index contributed by atoms with van der Waals surface area (Å²) in [5.74, 6) is 1.66. The molecule has 128 valence electrons. The summed E-state index contributed by atoms with van der Waals surface area (Å²) < 4.78 is 0. The highest BCUT2D eigenvalue weighted by atomic mass is 15.3. The molecule has 0 saturated carbocycles. The van der Waals surface area contributed by atoms with E-state index in [-0.39, 0.29) is 0 Å². The van der Waals surface area contributed by atoms with E-state index < -0.39 is 0 Å². The Bertz CT molecular complexity index is 632. The fourth-order valence-corrected chi connectivity index (χ4v) is 3.26. The van der Waals surface area contributed by atoms with Crippen LogP contribution in [0.4, 0.5) is 11.8 Å². The zero-order chi connectivity index (χ0) is 16.8. The number of nitrogens with zero attached hydrogens (tertiary/aromatic N) is 6. The number of aromatic nitrogens is 4. The monoisotopic (exact) mass is 326 g/mol. The number of pyridine rings is 1. The highest BCUT2D eigenvalue weighted by Gasteiger charge is 2.23. The van der Waals surface area contributed by atoms with Crippen molar-refractivity contribution in [1.82, 2.24) is 20.2 Å². The number of piperidine rings is 1. The molecule has 1 unspecified atom stereocenters. The lowest BCUT2D eigenvalue weighted by Gasteiger charge is -2.36. The maximum atomic E-state index is 4.77. The molecular formula is C18H26N6. The van der Waals surface area contributed by atoms with Gasteiger partial charge in [-0.15, -0.1) is 5.10 Å². The highest BCUT2D eigenvalue weighted by molar-refractivity contribution is 5.42. The smallest absolute Gasteiger partial charge is 0.247 e. The Hall–Kier alpha value is -2.24. The van der Waals surface area contributed by atoms with E-state index >= 15 is 0 Å². The van der Waals surface area contributed by atoms with Gasteiger partial charge >= 0.3 is 0 Å². The molecule has 6 heteroatoms. The lowest BCUT2D eigenvalue weighted by atomic mass is 10.0. The number of hydrogen-bond donors (Lipinski definition) is 0. The van der Waals surface area contributed by atoms with Crippen molar-refractivity contribution >= 4 is 11.8 Å². The minimum Gasteiger partial charge on any atom is -0.352 e. The quantitative estimate of drug-likeness (QED) is 0.813. The highest BCUT2D eigenvalue weighted by Crippen LogP contribution is 2.25. The molecule has 3 rings (SSSR count). The van der Waals surface area contributed by atoms with E-state index in [1.807, 2.05) is 31.6 Å². The number of rotatable bonds is 6. The second-order valence-electron chi connectivity index (χ2n) is 6.39. The SMILES string of the molecule is CCC1CCCCN1c1cnnc(N(C)CCc2ccncc2)n1. The second kappa shape index (κ2) is 8.04. The van der Waals surface area contributed by atoms with Gasteiger partial charge in [0.2, 0.25) is 5.95 Å². The molecule has 0 spiro atoms. The van der Waals surface area contributed by atoms with Crippen molar-refractivity contribution in [2.75, 3.05) is 29.9 Å². The molecule has 1 fully saturated rings. The Morgan fingerprint density at radius 3 is 2.88 bits per heavy atom. The van der Waals surface area contributed by atoms with E-state index in [9.17, 15) is 0 Å². The third-order valence-corrected chi connectivity index (χ3v) is 4.75. The lowest BCUT2D eigenvalue weighted by molar-refractivity contribution is 0.446. The first-order chi connectivity index (χ1) is 11.8. The minimum atomic E-state index is 0.574. The molecule has 0 aromatic carbocycles. The number of hydrogen-bond acceptors (Lipinski definition) is 6. The van der Waals surface area contributed by atoms with Crippen LogP contribution < -0.4 is 9.80 Å². The summed E-state index contributed by atoms with van der Waals surface area (Å²) in [7, 11) is 2.02. The van der Waals surface area contributed by atoms with Crippen LogP contribution in [0.2, 0.25) is 0 Å². The molecule has 1 aliphatic heterocycles. The first-order valence-corrected chi connectivity index (χ1v) is 8.84. The molecule has 24 heavy (non-hydrogen) atoms. The molecule has 0 N–H and O–H groups in total. The van der Waals surface area contributed by atoms with Crippen molar-refractivity contribution in [3.05, 3.63) is 36.3 Å². The van der Waals surface area contributed by atoms with E-state index in [1.165, 1.54) is 24.8 Å². The van der Waals surface area contributed by atoms with Gasteiger partial charge in [0, 0.05) is 38.6 Å². The summed E-state index contributed by atoms with van der Waals surface area (Å²) in [5.41, 5.74) is 1.27. The summed E-state index contributed by atoms with van der Waals surface area (Å²) in [6.45, 7) is 4.17. The zero-order valence-corrected chi connectivity index (χ0v) is 14.6. The van der Waals surface area contributed by atoms with E-state index in [0.29, 0.717) is 12.0 Å². The lowest BCUT2D eigenvalue weighted by Crippen LogP contribution is -2.40. The van der Waals surface area contributed by atoms with Gasteiger partial charge < -0.3 is 9.80 Å². The van der Waals surface area contributed by atoms with E-state index in [1.54, 1.807) is 6.20 Å². The van der Waals surface area contributed by atoms with Gasteiger partial charge in [-0.2, -0.15) is 10.1 Å². The summed E-state index contributed by atoms with van der Waals surface area (Å²) in [6.07, 6.45) is 11.3. The number of likely N-dealkylation sites (N-methyl/N-ethyl adjacent to an activating group) is 1. The maximum Gasteiger partial charge on any atom is 0.247 e. The summed E-state index contributed by atoms with van der Waals surface area (Å²) in [5, 5.41) is 8.42. The third-order valence-electron chi connectivity index (χ3n) is 4.75. The van der Waals surface area contributed by atoms with Crippen molar-refractivity contribution in [1.29, 1.82) is 0 Å².